The van der Waals surface area contributed by atoms with Crippen LogP contribution in [0.15, 0.2) is 0 Å². The standard InChI is InChI=1S/C33H61N3O10/c1-23(2)28(29(42)46-33(12,13)14)36(22-27(41)45-32(9,10)11)18-17-34(19-24(37)38)15-16-35(20-25(39)43-30(3,4)5)21-26(40)44-31(6,7)8/h23,28H,15-22H2,1-14H3,(H,37,38). The maximum atomic E-state index is 13.3. The van der Waals surface area contributed by atoms with Crippen molar-refractivity contribution in [3.8, 4) is 0 Å². The van der Waals surface area contributed by atoms with E-state index in [4.69, 9.17) is 18.9 Å². The number of ether oxygens (including phenoxy) is 4. The highest BCUT2D eigenvalue weighted by Crippen LogP contribution is 2.19. The van der Waals surface area contributed by atoms with Gasteiger partial charge in [0.1, 0.15) is 28.4 Å². The summed E-state index contributed by atoms with van der Waals surface area (Å²) in [6, 6.07) is -0.811. The summed E-state index contributed by atoms with van der Waals surface area (Å²) in [4.78, 5) is 68.2. The molecular weight excluding hydrogens is 598 g/mol. The first-order chi connectivity index (χ1) is 20.6. The Morgan fingerprint density at radius 1 is 0.522 bits per heavy atom. The molecule has 0 aliphatic rings. The Kier molecular flexibility index (Phi) is 16.9. The molecule has 0 aromatic heterocycles. The van der Waals surface area contributed by atoms with Crippen LogP contribution in [0.1, 0.15) is 96.9 Å². The van der Waals surface area contributed by atoms with Crippen LogP contribution in [-0.2, 0) is 42.9 Å². The van der Waals surface area contributed by atoms with Gasteiger partial charge in [0, 0.05) is 26.2 Å². The lowest BCUT2D eigenvalue weighted by Crippen LogP contribution is -2.53. The molecule has 1 N–H and O–H groups in total. The summed E-state index contributed by atoms with van der Waals surface area (Å²) in [5, 5.41) is 9.68. The molecule has 0 radical (unpaired) electrons. The van der Waals surface area contributed by atoms with Gasteiger partial charge in [-0.2, -0.15) is 0 Å². The molecule has 0 heterocycles. The third-order valence-electron chi connectivity index (χ3n) is 5.77. The molecule has 0 fully saturated rings. The first-order valence-corrected chi connectivity index (χ1v) is 15.9. The molecule has 0 bridgehead atoms. The number of esters is 4. The SMILES string of the molecule is CC(C)C(C(=O)OC(C)(C)C)N(CCN(CCN(CC(=O)OC(C)(C)C)CC(=O)OC(C)(C)C)CC(=O)O)CC(=O)OC(C)(C)C. The minimum Gasteiger partial charge on any atom is -0.480 e. The molecule has 0 saturated carbocycles. The Morgan fingerprint density at radius 2 is 0.870 bits per heavy atom. The lowest BCUT2D eigenvalue weighted by atomic mass is 10.0. The number of hydrogen-bond donors (Lipinski definition) is 1. The molecule has 1 atom stereocenters. The maximum Gasteiger partial charge on any atom is 0.324 e. The quantitative estimate of drug-likeness (QED) is 0.180. The van der Waals surface area contributed by atoms with Crippen LogP contribution < -0.4 is 0 Å². The fraction of sp³-hybridized carbons (Fsp3) is 0.848. The van der Waals surface area contributed by atoms with Gasteiger partial charge in [0.15, 0.2) is 0 Å². The van der Waals surface area contributed by atoms with Crippen molar-refractivity contribution in [1.29, 1.82) is 0 Å². The lowest BCUT2D eigenvalue weighted by molar-refractivity contribution is -0.167. The molecule has 0 aromatic carbocycles. The molecule has 0 aliphatic carbocycles. The molecule has 13 nitrogen and oxygen atoms in total. The summed E-state index contributed by atoms with van der Waals surface area (Å²) >= 11 is 0. The molecule has 46 heavy (non-hydrogen) atoms. The van der Waals surface area contributed by atoms with Crippen molar-refractivity contribution in [2.24, 2.45) is 5.92 Å². The number of carbonyl (C=O) groups excluding carboxylic acids is 4. The number of carboxylic acids is 1. The third-order valence-corrected chi connectivity index (χ3v) is 5.77. The molecule has 0 amide bonds. The van der Waals surface area contributed by atoms with Gasteiger partial charge in [-0.1, -0.05) is 13.8 Å². The first-order valence-electron chi connectivity index (χ1n) is 15.9. The minimum absolute atomic E-state index is 0.132. The molecule has 0 rings (SSSR count). The van der Waals surface area contributed by atoms with E-state index in [0.717, 1.165) is 0 Å². The van der Waals surface area contributed by atoms with Crippen molar-refractivity contribution < 1.29 is 48.0 Å². The normalized spacial score (nSPS) is 13.6. The van der Waals surface area contributed by atoms with E-state index in [-0.39, 0.29) is 58.3 Å². The largest absolute Gasteiger partial charge is 0.480 e. The van der Waals surface area contributed by atoms with Crippen molar-refractivity contribution in [3.05, 3.63) is 0 Å². The Hall–Kier alpha value is -2.77. The predicted octanol–water partition coefficient (Wildman–Crippen LogP) is 3.37. The van der Waals surface area contributed by atoms with Crippen LogP contribution in [0.2, 0.25) is 0 Å². The molecule has 1 unspecified atom stereocenters. The second-order valence-corrected chi connectivity index (χ2v) is 15.8. The van der Waals surface area contributed by atoms with Gasteiger partial charge in [0.25, 0.3) is 0 Å². The molecule has 13 heteroatoms. The number of aliphatic carboxylic acids is 1. The first kappa shape index (κ1) is 43.2. The lowest BCUT2D eigenvalue weighted by Gasteiger charge is -2.36. The van der Waals surface area contributed by atoms with E-state index in [1.54, 1.807) is 97.8 Å². The van der Waals surface area contributed by atoms with E-state index in [1.165, 1.54) is 0 Å². The van der Waals surface area contributed by atoms with Crippen LogP contribution in [0.25, 0.3) is 0 Å². The Bertz CT molecular complexity index is 987. The van der Waals surface area contributed by atoms with Crippen molar-refractivity contribution >= 4 is 29.8 Å². The molecule has 0 aliphatic heterocycles. The second-order valence-electron chi connectivity index (χ2n) is 15.8. The van der Waals surface area contributed by atoms with Gasteiger partial charge < -0.3 is 24.1 Å². The number of hydrogen-bond acceptors (Lipinski definition) is 12. The van der Waals surface area contributed by atoms with Crippen molar-refractivity contribution in [1.82, 2.24) is 14.7 Å². The fourth-order valence-electron chi connectivity index (χ4n) is 4.40. The fourth-order valence-corrected chi connectivity index (χ4v) is 4.40. The van der Waals surface area contributed by atoms with Crippen LogP contribution >= 0.6 is 0 Å². The average Bonchev–Trinajstić information content (AvgIpc) is 2.74. The van der Waals surface area contributed by atoms with Gasteiger partial charge in [-0.15, -0.1) is 0 Å². The summed E-state index contributed by atoms with van der Waals surface area (Å²) in [6.45, 7) is 24.2. The van der Waals surface area contributed by atoms with Crippen molar-refractivity contribution in [2.45, 2.75) is 125 Å². The zero-order chi connectivity index (χ0) is 36.3. The van der Waals surface area contributed by atoms with Gasteiger partial charge in [-0.3, -0.25) is 38.7 Å². The van der Waals surface area contributed by atoms with Crippen LogP contribution in [0, 0.1) is 5.92 Å². The summed E-state index contributed by atoms with van der Waals surface area (Å²) < 4.78 is 22.1. The summed E-state index contributed by atoms with van der Waals surface area (Å²) in [5.74, 6) is -3.45. The van der Waals surface area contributed by atoms with Crippen molar-refractivity contribution in [2.75, 3.05) is 52.4 Å². The van der Waals surface area contributed by atoms with Crippen molar-refractivity contribution in [3.63, 3.8) is 0 Å². The minimum atomic E-state index is -1.09. The molecule has 0 saturated heterocycles. The smallest absolute Gasteiger partial charge is 0.324 e. The average molecular weight is 660 g/mol. The highest BCUT2D eigenvalue weighted by atomic mass is 16.6. The topological polar surface area (TPSA) is 152 Å². The monoisotopic (exact) mass is 659 g/mol. The van der Waals surface area contributed by atoms with Gasteiger partial charge in [0.05, 0.1) is 26.2 Å². The predicted molar refractivity (Wildman–Crippen MR) is 174 cm³/mol. The van der Waals surface area contributed by atoms with Gasteiger partial charge >= 0.3 is 29.8 Å². The van der Waals surface area contributed by atoms with E-state index in [9.17, 15) is 29.1 Å². The number of carboxylic acid groups (broad SMARTS) is 1. The summed E-state index contributed by atoms with van der Waals surface area (Å²) in [5.41, 5.74) is -2.97. The van der Waals surface area contributed by atoms with Gasteiger partial charge in [0.2, 0.25) is 0 Å². The Labute approximate surface area is 276 Å². The highest BCUT2D eigenvalue weighted by Gasteiger charge is 2.35. The zero-order valence-electron chi connectivity index (χ0n) is 30.8. The van der Waals surface area contributed by atoms with E-state index in [0.29, 0.717) is 0 Å². The van der Waals surface area contributed by atoms with Crippen LogP contribution in [0.3, 0.4) is 0 Å². The maximum absolute atomic E-state index is 13.3. The van der Waals surface area contributed by atoms with E-state index in [2.05, 4.69) is 0 Å². The Morgan fingerprint density at radius 3 is 1.22 bits per heavy atom. The zero-order valence-corrected chi connectivity index (χ0v) is 30.8. The second kappa shape index (κ2) is 18.0. The molecule has 0 spiro atoms. The highest BCUT2D eigenvalue weighted by molar-refractivity contribution is 5.78. The Balaban J connectivity index is 6.13. The van der Waals surface area contributed by atoms with E-state index < -0.39 is 58.3 Å². The van der Waals surface area contributed by atoms with Crippen LogP contribution in [-0.4, -0.2) is 130 Å². The molecular formula is C33H61N3O10. The van der Waals surface area contributed by atoms with Gasteiger partial charge in [-0.25, -0.2) is 0 Å². The summed E-state index contributed by atoms with van der Waals surface area (Å²) in [6.07, 6.45) is 0. The van der Waals surface area contributed by atoms with Crippen LogP contribution in [0.4, 0.5) is 0 Å². The van der Waals surface area contributed by atoms with Gasteiger partial charge in [-0.05, 0) is 89.0 Å². The van der Waals surface area contributed by atoms with E-state index >= 15 is 0 Å². The van der Waals surface area contributed by atoms with E-state index in [1.807, 2.05) is 13.8 Å². The number of nitrogens with zero attached hydrogens (tertiary/aromatic N) is 3. The number of rotatable bonds is 17. The van der Waals surface area contributed by atoms with Crippen LogP contribution in [0.5, 0.6) is 0 Å². The third kappa shape index (κ3) is 21.9. The summed E-state index contributed by atoms with van der Waals surface area (Å²) in [7, 11) is 0. The number of carbonyl (C=O) groups is 5. The molecule has 268 valence electrons. The molecule has 0 aromatic rings.